The van der Waals surface area contributed by atoms with Crippen molar-refractivity contribution in [3.8, 4) is 11.5 Å². The second-order valence-electron chi connectivity index (χ2n) is 11.2. The zero-order chi connectivity index (χ0) is 35.9. The molecule has 0 amide bonds. The van der Waals surface area contributed by atoms with Crippen molar-refractivity contribution in [3.63, 3.8) is 0 Å². The number of hydrogen-bond acceptors (Lipinski definition) is 9. The van der Waals surface area contributed by atoms with Crippen LogP contribution in [0.15, 0.2) is 69.9 Å². The van der Waals surface area contributed by atoms with Crippen LogP contribution in [-0.2, 0) is 17.3 Å². The number of phenols is 1. The van der Waals surface area contributed by atoms with Crippen molar-refractivity contribution in [3.05, 3.63) is 115 Å². The molecule has 1 heterocycles. The van der Waals surface area contributed by atoms with Gasteiger partial charge in [-0.3, -0.25) is 9.59 Å². The third-order valence-corrected chi connectivity index (χ3v) is 8.15. The molecule has 258 valence electrons. The molecule has 1 aromatic heterocycles. The van der Waals surface area contributed by atoms with Gasteiger partial charge in [-0.2, -0.15) is 13.2 Å². The number of aromatic hydroxyl groups is 1. The van der Waals surface area contributed by atoms with Gasteiger partial charge in [0.05, 0.1) is 41.7 Å². The summed E-state index contributed by atoms with van der Waals surface area (Å²) < 4.78 is 56.3. The van der Waals surface area contributed by atoms with Crippen LogP contribution in [0.5, 0.6) is 11.5 Å². The summed E-state index contributed by atoms with van der Waals surface area (Å²) in [6.45, 7) is 3.53. The molecule has 1 aliphatic carbocycles. The molecule has 2 aromatic carbocycles. The molecule has 0 saturated heterocycles. The average Bonchev–Trinajstić information content (AvgIpc) is 3.06. The maximum Gasteiger partial charge on any atom is 0.416 e. The van der Waals surface area contributed by atoms with E-state index in [0.29, 0.717) is 29.0 Å². The van der Waals surface area contributed by atoms with Gasteiger partial charge in [0.1, 0.15) is 16.9 Å². The van der Waals surface area contributed by atoms with Crippen LogP contribution in [0.4, 0.5) is 13.2 Å². The number of methoxy groups -OCH3 is 1. The number of ether oxygens (including phenoxy) is 2. The highest BCUT2D eigenvalue weighted by atomic mass is 32.1. The first-order valence-electron chi connectivity index (χ1n) is 15.5. The summed E-state index contributed by atoms with van der Waals surface area (Å²) in [6.07, 6.45) is 5.07. The number of carbonyl (C=O) groups is 2. The molecule has 4 rings (SSSR count). The third kappa shape index (κ3) is 8.62. The molecule has 0 bridgehead atoms. The van der Waals surface area contributed by atoms with Crippen LogP contribution in [0, 0.1) is 0 Å². The van der Waals surface area contributed by atoms with Crippen molar-refractivity contribution in [2.75, 3.05) is 13.7 Å². The summed E-state index contributed by atoms with van der Waals surface area (Å²) >= 11 is 5.22. The number of Topliss-reactive ketones (excluding diaryl/α,β-unsaturated/α-hetero) is 1. The largest absolute Gasteiger partial charge is 0.507 e. The van der Waals surface area contributed by atoms with E-state index in [-0.39, 0.29) is 51.9 Å². The number of halogens is 3. The molecule has 0 saturated carbocycles. The Morgan fingerprint density at radius 3 is 2.47 bits per heavy atom. The number of carbonyl (C=O) groups excluding carboxylic acids is 2. The van der Waals surface area contributed by atoms with Gasteiger partial charge in [-0.15, -0.1) is 0 Å². The van der Waals surface area contributed by atoms with Gasteiger partial charge < -0.3 is 24.1 Å². The van der Waals surface area contributed by atoms with E-state index in [4.69, 9.17) is 26.1 Å². The molecule has 49 heavy (non-hydrogen) atoms. The second kappa shape index (κ2) is 16.1. The lowest BCUT2D eigenvalue weighted by Gasteiger charge is -2.22. The molecule has 8 nitrogen and oxygen atoms in total. The molecule has 2 atom stereocenters. The number of allylic oxidation sites excluding steroid dienone is 2. The van der Waals surface area contributed by atoms with Gasteiger partial charge in [0.2, 0.25) is 5.76 Å². The van der Waals surface area contributed by atoms with Gasteiger partial charge >= 0.3 is 12.1 Å². The summed E-state index contributed by atoms with van der Waals surface area (Å²) in [5.41, 5.74) is -0.897. The first-order valence-corrected chi connectivity index (χ1v) is 15.9. The van der Waals surface area contributed by atoms with Crippen LogP contribution in [0.2, 0.25) is 0 Å². The Kier molecular flexibility index (Phi) is 12.1. The third-order valence-electron chi connectivity index (χ3n) is 7.86. The summed E-state index contributed by atoms with van der Waals surface area (Å²) in [5.74, 6) is -2.62. The van der Waals surface area contributed by atoms with Crippen molar-refractivity contribution in [1.82, 2.24) is 0 Å². The van der Waals surface area contributed by atoms with E-state index in [1.807, 2.05) is 6.92 Å². The lowest BCUT2D eigenvalue weighted by Crippen LogP contribution is -2.45. The van der Waals surface area contributed by atoms with E-state index in [9.17, 15) is 37.8 Å². The molecule has 0 radical (unpaired) electrons. The summed E-state index contributed by atoms with van der Waals surface area (Å²) in [5, 5.41) is 22.2. The maximum atomic E-state index is 13.9. The SMILES string of the molecule is CCCc1c(OCC/C=C\C=C\[C@@H](c2c(C(=O)OC)oc3c(c2=O)=CCC(=S)C=3)[C@@H](O)c2ccc(C(F)(F)F)cc2)ccc(C(C)=O)c1O. The Morgan fingerprint density at radius 1 is 1.12 bits per heavy atom. The number of thiocarbonyl (C=S) groups is 1. The number of alkyl halides is 3. The fourth-order valence-corrected chi connectivity index (χ4v) is 5.59. The molecule has 0 spiro atoms. The van der Waals surface area contributed by atoms with Crippen molar-refractivity contribution in [1.29, 1.82) is 0 Å². The molecule has 2 N–H and O–H groups in total. The highest BCUT2D eigenvalue weighted by Gasteiger charge is 2.33. The van der Waals surface area contributed by atoms with Crippen LogP contribution >= 0.6 is 12.2 Å². The van der Waals surface area contributed by atoms with Crippen LogP contribution in [0.1, 0.15) is 88.3 Å². The number of fused-ring (bicyclic) bond motifs is 1. The van der Waals surface area contributed by atoms with Crippen molar-refractivity contribution >= 4 is 41.0 Å². The Hall–Kier alpha value is -4.81. The zero-order valence-corrected chi connectivity index (χ0v) is 27.8. The van der Waals surface area contributed by atoms with E-state index >= 15 is 0 Å². The van der Waals surface area contributed by atoms with Gasteiger partial charge in [0.25, 0.3) is 0 Å². The molecule has 3 aromatic rings. The topological polar surface area (TPSA) is 123 Å². The van der Waals surface area contributed by atoms with Crippen LogP contribution in [0.25, 0.3) is 12.2 Å². The Morgan fingerprint density at radius 2 is 1.84 bits per heavy atom. The number of rotatable bonds is 13. The van der Waals surface area contributed by atoms with E-state index < -0.39 is 40.9 Å². The fraction of sp³-hybridized carbons (Fsp3) is 0.297. The number of aliphatic hydroxyl groups is 1. The Bertz CT molecular complexity index is 1970. The fourth-order valence-electron chi connectivity index (χ4n) is 5.40. The Labute approximate surface area is 285 Å². The number of phenolic OH excluding ortho intramolecular Hbond substituents is 1. The minimum Gasteiger partial charge on any atom is -0.507 e. The minimum atomic E-state index is -4.60. The van der Waals surface area contributed by atoms with Crippen LogP contribution in [0.3, 0.4) is 0 Å². The molecule has 0 fully saturated rings. The Balaban J connectivity index is 1.66. The highest BCUT2D eigenvalue weighted by molar-refractivity contribution is 7.81. The molecular weight excluding hydrogens is 661 g/mol. The first-order chi connectivity index (χ1) is 23.3. The van der Waals surface area contributed by atoms with Gasteiger partial charge in [-0.1, -0.05) is 68.1 Å². The predicted molar refractivity (Wildman–Crippen MR) is 181 cm³/mol. The second-order valence-corrected chi connectivity index (χ2v) is 11.8. The van der Waals surface area contributed by atoms with Gasteiger partial charge in [-0.25, -0.2) is 4.79 Å². The zero-order valence-electron chi connectivity index (χ0n) is 27.0. The summed E-state index contributed by atoms with van der Waals surface area (Å²) in [7, 11) is 1.10. The normalized spacial score (nSPS) is 14.2. The summed E-state index contributed by atoms with van der Waals surface area (Å²) in [4.78, 5) is 39.0. The number of benzene rings is 2. The van der Waals surface area contributed by atoms with Crippen LogP contribution < -0.4 is 20.8 Å². The first kappa shape index (κ1) is 37.0. The predicted octanol–water partition coefficient (Wildman–Crippen LogP) is 6.04. The molecule has 12 heteroatoms. The lowest BCUT2D eigenvalue weighted by atomic mass is 9.86. The van der Waals surface area contributed by atoms with E-state index in [1.165, 1.54) is 31.2 Å². The number of esters is 1. The lowest BCUT2D eigenvalue weighted by molar-refractivity contribution is -0.137. The van der Waals surface area contributed by atoms with Crippen LogP contribution in [-0.4, -0.2) is 40.5 Å². The average molecular weight is 697 g/mol. The maximum absolute atomic E-state index is 13.9. The number of hydrogen-bond donors (Lipinski definition) is 2. The number of ketones is 1. The minimum absolute atomic E-state index is 0.0587. The molecule has 0 unspecified atom stereocenters. The van der Waals surface area contributed by atoms with Crippen molar-refractivity contribution in [2.24, 2.45) is 0 Å². The highest BCUT2D eigenvalue weighted by Crippen LogP contribution is 2.36. The molecule has 0 aliphatic heterocycles. The van der Waals surface area contributed by atoms with E-state index in [2.05, 4.69) is 0 Å². The summed E-state index contributed by atoms with van der Waals surface area (Å²) in [6, 6.07) is 6.99. The van der Waals surface area contributed by atoms with E-state index in [1.54, 1.807) is 24.3 Å². The van der Waals surface area contributed by atoms with E-state index in [0.717, 1.165) is 37.8 Å². The standard InChI is InChI=1S/C37H35F3O8S/c1-4-9-26-29(18-17-25(21(2)41)33(26)43)47-19-8-6-5-7-10-28(32(42)22-11-13-23(14-12-22)37(38,39)40)31-34(44)27-16-15-24(49)20-30(27)48-35(31)36(45)46-3/h5-7,10-14,16-18,20,28,32,42-43H,4,8-9,15,19H2,1-3H3/b6-5-,10-7+/t28-,32-/m0/s1. The monoisotopic (exact) mass is 696 g/mol. The van der Waals surface area contributed by atoms with Gasteiger partial charge in [0, 0.05) is 22.8 Å². The smallest absolute Gasteiger partial charge is 0.416 e. The van der Waals surface area contributed by atoms with Gasteiger partial charge in [0.15, 0.2) is 11.2 Å². The number of aliphatic hydroxyl groups excluding tert-OH is 1. The molecular formula is C37H35F3O8S. The quantitative estimate of drug-likeness (QED) is 0.0724. The van der Waals surface area contributed by atoms with Gasteiger partial charge in [-0.05, 0) is 55.7 Å². The van der Waals surface area contributed by atoms with Crippen molar-refractivity contribution in [2.45, 2.75) is 57.7 Å². The van der Waals surface area contributed by atoms with Crippen molar-refractivity contribution < 1.29 is 46.9 Å². The molecule has 1 aliphatic rings.